The molecule has 1 aromatic rings. The van der Waals surface area contributed by atoms with Gasteiger partial charge in [0.1, 0.15) is 5.82 Å². The van der Waals surface area contributed by atoms with Crippen LogP contribution in [0.4, 0.5) is 5.82 Å². The average molecular weight is 291 g/mol. The van der Waals surface area contributed by atoms with Crippen LogP contribution < -0.4 is 10.6 Å². The van der Waals surface area contributed by atoms with Crippen LogP contribution in [0.5, 0.6) is 0 Å². The summed E-state index contributed by atoms with van der Waals surface area (Å²) in [6.45, 7) is 14.0. The molecule has 0 spiro atoms. The fourth-order valence-electron chi connectivity index (χ4n) is 2.26. The number of hydrogen-bond acceptors (Lipinski definition) is 3. The predicted molar refractivity (Wildman–Crippen MR) is 92.6 cm³/mol. The molecule has 1 heterocycles. The smallest absolute Gasteiger partial charge is 0.129 e. The van der Waals surface area contributed by atoms with Crippen molar-refractivity contribution in [2.75, 3.05) is 18.0 Å². The largest absolute Gasteiger partial charge is 0.357 e. The SMILES string of the molecule is CCc1cc(CN)cc(N(CCC(C)C)CCC(C)C)n1. The highest BCUT2D eigenvalue weighted by Gasteiger charge is 2.11. The van der Waals surface area contributed by atoms with Gasteiger partial charge in [-0.25, -0.2) is 4.98 Å². The first-order valence-corrected chi connectivity index (χ1v) is 8.41. The minimum absolute atomic E-state index is 0.588. The lowest BCUT2D eigenvalue weighted by Crippen LogP contribution is -2.29. The standard InChI is InChI=1S/C18H33N3/c1-6-17-11-16(13-19)12-18(20-17)21(9-7-14(2)3)10-8-15(4)5/h11-12,14-15H,6-10,13,19H2,1-5H3. The monoisotopic (exact) mass is 291 g/mol. The van der Waals surface area contributed by atoms with Crippen LogP contribution in [0.1, 0.15) is 58.7 Å². The maximum Gasteiger partial charge on any atom is 0.129 e. The lowest BCUT2D eigenvalue weighted by molar-refractivity contribution is 0.532. The second-order valence-corrected chi connectivity index (χ2v) is 6.73. The van der Waals surface area contributed by atoms with Crippen molar-refractivity contribution in [1.29, 1.82) is 0 Å². The maximum atomic E-state index is 5.84. The van der Waals surface area contributed by atoms with E-state index in [4.69, 9.17) is 10.7 Å². The van der Waals surface area contributed by atoms with Crippen molar-refractivity contribution in [3.8, 4) is 0 Å². The van der Waals surface area contributed by atoms with E-state index in [9.17, 15) is 0 Å². The van der Waals surface area contributed by atoms with E-state index in [1.807, 2.05) is 0 Å². The number of anilines is 1. The number of aryl methyl sites for hydroxylation is 1. The summed E-state index contributed by atoms with van der Waals surface area (Å²) in [7, 11) is 0. The number of rotatable bonds is 9. The van der Waals surface area contributed by atoms with E-state index in [1.54, 1.807) is 0 Å². The van der Waals surface area contributed by atoms with Crippen molar-refractivity contribution in [2.24, 2.45) is 17.6 Å². The Hall–Kier alpha value is -1.09. The average Bonchev–Trinajstić information content (AvgIpc) is 2.46. The van der Waals surface area contributed by atoms with Crippen LogP contribution in [-0.4, -0.2) is 18.1 Å². The van der Waals surface area contributed by atoms with Crippen molar-refractivity contribution >= 4 is 5.82 Å². The van der Waals surface area contributed by atoms with Crippen LogP contribution in [0.3, 0.4) is 0 Å². The van der Waals surface area contributed by atoms with Gasteiger partial charge < -0.3 is 10.6 Å². The third kappa shape index (κ3) is 6.47. The second-order valence-electron chi connectivity index (χ2n) is 6.73. The fraction of sp³-hybridized carbons (Fsp3) is 0.722. The zero-order chi connectivity index (χ0) is 15.8. The maximum absolute atomic E-state index is 5.84. The van der Waals surface area contributed by atoms with Gasteiger partial charge in [-0.3, -0.25) is 0 Å². The van der Waals surface area contributed by atoms with E-state index < -0.39 is 0 Å². The number of aromatic nitrogens is 1. The van der Waals surface area contributed by atoms with Crippen LogP contribution in [0.2, 0.25) is 0 Å². The molecule has 0 aromatic carbocycles. The molecule has 120 valence electrons. The molecule has 0 atom stereocenters. The van der Waals surface area contributed by atoms with Gasteiger partial charge in [0.15, 0.2) is 0 Å². The summed E-state index contributed by atoms with van der Waals surface area (Å²) >= 11 is 0. The van der Waals surface area contributed by atoms with Crippen LogP contribution in [-0.2, 0) is 13.0 Å². The van der Waals surface area contributed by atoms with E-state index in [0.717, 1.165) is 42.9 Å². The van der Waals surface area contributed by atoms with Crippen molar-refractivity contribution in [1.82, 2.24) is 4.98 Å². The summed E-state index contributed by atoms with van der Waals surface area (Å²) in [5.41, 5.74) is 8.18. The highest BCUT2D eigenvalue weighted by molar-refractivity contribution is 5.43. The third-order valence-corrected chi connectivity index (χ3v) is 3.80. The second kappa shape index (κ2) is 9.04. The normalized spacial score (nSPS) is 11.4. The Bertz CT molecular complexity index is 379. The number of hydrogen-bond donors (Lipinski definition) is 1. The minimum Gasteiger partial charge on any atom is -0.357 e. The summed E-state index contributed by atoms with van der Waals surface area (Å²) in [5, 5.41) is 0. The Morgan fingerprint density at radius 2 is 1.62 bits per heavy atom. The molecule has 0 radical (unpaired) electrons. The topological polar surface area (TPSA) is 42.1 Å². The van der Waals surface area contributed by atoms with Crippen LogP contribution in [0, 0.1) is 11.8 Å². The van der Waals surface area contributed by atoms with Crippen LogP contribution in [0.25, 0.3) is 0 Å². The Morgan fingerprint density at radius 3 is 2.05 bits per heavy atom. The molecule has 0 aliphatic heterocycles. The van der Waals surface area contributed by atoms with Crippen molar-refractivity contribution in [2.45, 2.75) is 60.4 Å². The summed E-state index contributed by atoms with van der Waals surface area (Å²) in [4.78, 5) is 7.27. The molecule has 0 bridgehead atoms. The molecule has 0 unspecified atom stereocenters. The summed E-state index contributed by atoms with van der Waals surface area (Å²) in [5.74, 6) is 2.54. The zero-order valence-corrected chi connectivity index (χ0v) is 14.5. The zero-order valence-electron chi connectivity index (χ0n) is 14.5. The summed E-state index contributed by atoms with van der Waals surface area (Å²) < 4.78 is 0. The van der Waals surface area contributed by atoms with Gasteiger partial charge in [0.2, 0.25) is 0 Å². The molecule has 3 nitrogen and oxygen atoms in total. The Kier molecular flexibility index (Phi) is 7.73. The van der Waals surface area contributed by atoms with E-state index in [1.165, 1.54) is 18.4 Å². The number of pyridine rings is 1. The lowest BCUT2D eigenvalue weighted by atomic mass is 10.1. The molecule has 1 aromatic heterocycles. The van der Waals surface area contributed by atoms with Gasteiger partial charge >= 0.3 is 0 Å². The van der Waals surface area contributed by atoms with E-state index in [2.05, 4.69) is 51.7 Å². The van der Waals surface area contributed by atoms with Gasteiger partial charge in [-0.05, 0) is 48.8 Å². The molecule has 21 heavy (non-hydrogen) atoms. The predicted octanol–water partition coefficient (Wildman–Crippen LogP) is 4.00. The number of nitrogens with zero attached hydrogens (tertiary/aromatic N) is 2. The fourth-order valence-corrected chi connectivity index (χ4v) is 2.26. The highest BCUT2D eigenvalue weighted by Crippen LogP contribution is 2.18. The molecule has 2 N–H and O–H groups in total. The first-order chi connectivity index (χ1) is 9.96. The van der Waals surface area contributed by atoms with Crippen molar-refractivity contribution < 1.29 is 0 Å². The quantitative estimate of drug-likeness (QED) is 0.747. The molecule has 0 fully saturated rings. The van der Waals surface area contributed by atoms with Gasteiger partial charge in [-0.15, -0.1) is 0 Å². The van der Waals surface area contributed by atoms with Gasteiger partial charge in [-0.2, -0.15) is 0 Å². The first kappa shape index (κ1) is 18.0. The molecule has 0 saturated heterocycles. The van der Waals surface area contributed by atoms with E-state index >= 15 is 0 Å². The Morgan fingerprint density at radius 1 is 1.05 bits per heavy atom. The molecule has 0 aliphatic rings. The molecule has 0 aliphatic carbocycles. The highest BCUT2D eigenvalue weighted by atomic mass is 15.2. The van der Waals surface area contributed by atoms with Gasteiger partial charge in [-0.1, -0.05) is 34.6 Å². The number of nitrogens with two attached hydrogens (primary N) is 1. The Labute approximate surface area is 130 Å². The third-order valence-electron chi connectivity index (χ3n) is 3.80. The van der Waals surface area contributed by atoms with Gasteiger partial charge in [0, 0.05) is 25.3 Å². The molecular formula is C18H33N3. The molecule has 0 amide bonds. The summed E-state index contributed by atoms with van der Waals surface area (Å²) in [6, 6.07) is 4.30. The molecule has 1 rings (SSSR count). The van der Waals surface area contributed by atoms with Crippen molar-refractivity contribution in [3.05, 3.63) is 23.4 Å². The minimum atomic E-state index is 0.588. The van der Waals surface area contributed by atoms with E-state index in [-0.39, 0.29) is 0 Å². The van der Waals surface area contributed by atoms with Crippen molar-refractivity contribution in [3.63, 3.8) is 0 Å². The molecule has 0 saturated carbocycles. The summed E-state index contributed by atoms with van der Waals surface area (Å²) in [6.07, 6.45) is 3.37. The molecule has 3 heteroatoms. The Balaban J connectivity index is 2.93. The van der Waals surface area contributed by atoms with Gasteiger partial charge in [0.25, 0.3) is 0 Å². The van der Waals surface area contributed by atoms with E-state index in [0.29, 0.717) is 6.54 Å². The van der Waals surface area contributed by atoms with Crippen LogP contribution in [0.15, 0.2) is 12.1 Å². The molecular weight excluding hydrogens is 258 g/mol. The first-order valence-electron chi connectivity index (χ1n) is 8.41. The van der Waals surface area contributed by atoms with Gasteiger partial charge in [0.05, 0.1) is 0 Å². The van der Waals surface area contributed by atoms with Crippen LogP contribution >= 0.6 is 0 Å². The lowest BCUT2D eigenvalue weighted by Gasteiger charge is -2.26.